The number of rotatable bonds is 2. The summed E-state index contributed by atoms with van der Waals surface area (Å²) in [6, 6.07) is 0. The average Bonchev–Trinajstić information content (AvgIpc) is 2.61. The first-order valence-electron chi connectivity index (χ1n) is 5.04. The number of ether oxygens (including phenoxy) is 1. The van der Waals surface area contributed by atoms with Crippen molar-refractivity contribution < 1.29 is 23.7 Å². The van der Waals surface area contributed by atoms with Crippen molar-refractivity contribution in [2.45, 2.75) is 24.5 Å². The summed E-state index contributed by atoms with van der Waals surface area (Å²) >= 11 is 0. The summed E-state index contributed by atoms with van der Waals surface area (Å²) < 4.78 is 30.9. The number of H-pyrrole nitrogens is 1. The van der Waals surface area contributed by atoms with Gasteiger partial charge in [0.1, 0.15) is 25.0 Å². The van der Waals surface area contributed by atoms with E-state index in [0.717, 1.165) is 0 Å². The second-order valence-corrected chi connectivity index (χ2v) is 3.84. The van der Waals surface area contributed by atoms with Crippen LogP contribution in [0.2, 0.25) is 0 Å². The van der Waals surface area contributed by atoms with Gasteiger partial charge in [0, 0.05) is 0 Å². The summed E-state index contributed by atoms with van der Waals surface area (Å²) in [6.45, 7) is -1.07. The lowest BCUT2D eigenvalue weighted by atomic mass is 10.1. The Balaban J connectivity index is 2.42. The molecular weight excluding hydrogens is 254 g/mol. The number of hydrogen-bond donors (Lipinski definition) is 3. The zero-order valence-corrected chi connectivity index (χ0v) is 8.92. The average molecular weight is 264 g/mol. The van der Waals surface area contributed by atoms with E-state index in [-0.39, 0.29) is 0 Å². The Bertz CT molecular complexity index is 557. The number of alkyl halides is 1. The van der Waals surface area contributed by atoms with Crippen LogP contribution in [0.5, 0.6) is 0 Å². The molecule has 1 aliphatic heterocycles. The highest BCUT2D eigenvalue weighted by atomic mass is 19.1. The maximum Gasteiger partial charge on any atom is 0.330 e. The molecule has 1 saturated heterocycles. The van der Waals surface area contributed by atoms with Crippen molar-refractivity contribution in [2.24, 2.45) is 0 Å². The molecule has 0 bridgehead atoms. The molecule has 9 heteroatoms. The number of aliphatic hydroxyl groups excluding tert-OH is 2. The zero-order chi connectivity index (χ0) is 13.4. The molecule has 0 aliphatic carbocycles. The van der Waals surface area contributed by atoms with Gasteiger partial charge in [0.05, 0.1) is 6.20 Å². The van der Waals surface area contributed by atoms with Gasteiger partial charge in [-0.3, -0.25) is 14.3 Å². The van der Waals surface area contributed by atoms with E-state index in [2.05, 4.69) is 0 Å². The number of hydrogen-bond acceptors (Lipinski definition) is 5. The molecule has 4 atom stereocenters. The maximum atomic E-state index is 13.0. The van der Waals surface area contributed by atoms with Crippen molar-refractivity contribution in [3.05, 3.63) is 32.9 Å². The van der Waals surface area contributed by atoms with E-state index in [0.29, 0.717) is 10.8 Å². The van der Waals surface area contributed by atoms with Crippen LogP contribution in [-0.4, -0.2) is 44.8 Å². The van der Waals surface area contributed by atoms with Gasteiger partial charge in [-0.05, 0) is 0 Å². The topological polar surface area (TPSA) is 105 Å². The number of aromatic nitrogens is 2. The smallest absolute Gasteiger partial charge is 0.330 e. The van der Waals surface area contributed by atoms with Crippen LogP contribution in [-0.2, 0) is 4.74 Å². The van der Waals surface area contributed by atoms with Crippen molar-refractivity contribution >= 4 is 0 Å². The second-order valence-electron chi connectivity index (χ2n) is 3.84. The first kappa shape index (κ1) is 12.9. The third-order valence-electron chi connectivity index (χ3n) is 2.69. The summed E-state index contributed by atoms with van der Waals surface area (Å²) in [5, 5.41) is 19.0. The minimum Gasteiger partial charge on any atom is -0.387 e. The molecular formula is C9H10F2N2O5. The molecule has 7 nitrogen and oxygen atoms in total. The fourth-order valence-corrected chi connectivity index (χ4v) is 1.74. The van der Waals surface area contributed by atoms with Gasteiger partial charge in [-0.1, -0.05) is 0 Å². The first-order valence-corrected chi connectivity index (χ1v) is 5.04. The number of aliphatic hydroxyl groups is 2. The van der Waals surface area contributed by atoms with Crippen LogP contribution in [0.1, 0.15) is 6.23 Å². The third-order valence-corrected chi connectivity index (χ3v) is 2.69. The van der Waals surface area contributed by atoms with Gasteiger partial charge in [-0.25, -0.2) is 9.18 Å². The van der Waals surface area contributed by atoms with E-state index >= 15 is 0 Å². The van der Waals surface area contributed by atoms with Gasteiger partial charge in [0.2, 0.25) is 5.82 Å². The Hall–Kier alpha value is -1.58. The number of nitrogens with zero attached hydrogens (tertiary/aromatic N) is 1. The molecule has 0 aromatic carbocycles. The largest absolute Gasteiger partial charge is 0.387 e. The molecule has 100 valence electrons. The molecule has 3 N–H and O–H groups in total. The molecule has 1 aliphatic rings. The predicted molar refractivity (Wildman–Crippen MR) is 53.2 cm³/mol. The minimum atomic E-state index is -1.60. The Morgan fingerprint density at radius 1 is 1.39 bits per heavy atom. The van der Waals surface area contributed by atoms with Crippen LogP contribution in [0.25, 0.3) is 0 Å². The SMILES string of the molecule is O=c1[nH]c(=O)n(C2O[C@H](CF)[C@@H](O)[C@H]2O)cc1F. The summed E-state index contributed by atoms with van der Waals surface area (Å²) in [5.74, 6) is -1.26. The molecule has 1 aromatic heterocycles. The van der Waals surface area contributed by atoms with E-state index in [1.807, 2.05) is 0 Å². The van der Waals surface area contributed by atoms with E-state index in [1.54, 1.807) is 4.98 Å². The predicted octanol–water partition coefficient (Wildman–Crippen LogP) is -1.74. The van der Waals surface area contributed by atoms with Gasteiger partial charge in [-0.2, -0.15) is 4.39 Å². The number of aromatic amines is 1. The van der Waals surface area contributed by atoms with Crippen LogP contribution >= 0.6 is 0 Å². The molecule has 1 unspecified atom stereocenters. The Morgan fingerprint density at radius 2 is 2.06 bits per heavy atom. The van der Waals surface area contributed by atoms with E-state index in [4.69, 9.17) is 4.74 Å². The van der Waals surface area contributed by atoms with Crippen LogP contribution in [0.3, 0.4) is 0 Å². The Kier molecular flexibility index (Phi) is 3.28. The first-order chi connectivity index (χ1) is 8.45. The van der Waals surface area contributed by atoms with E-state index in [9.17, 15) is 28.6 Å². The molecule has 18 heavy (non-hydrogen) atoms. The fraction of sp³-hybridized carbons (Fsp3) is 0.556. The quantitative estimate of drug-likeness (QED) is 0.588. The van der Waals surface area contributed by atoms with Crippen molar-refractivity contribution in [1.29, 1.82) is 0 Å². The monoisotopic (exact) mass is 264 g/mol. The number of halogens is 2. The lowest BCUT2D eigenvalue weighted by Crippen LogP contribution is -2.38. The van der Waals surface area contributed by atoms with Crippen molar-refractivity contribution in [3.63, 3.8) is 0 Å². The van der Waals surface area contributed by atoms with Gasteiger partial charge in [-0.15, -0.1) is 0 Å². The molecule has 2 heterocycles. The fourth-order valence-electron chi connectivity index (χ4n) is 1.74. The highest BCUT2D eigenvalue weighted by Gasteiger charge is 2.44. The Labute approximate surface area is 98.3 Å². The summed E-state index contributed by atoms with van der Waals surface area (Å²) in [7, 11) is 0. The van der Waals surface area contributed by atoms with Crippen molar-refractivity contribution in [2.75, 3.05) is 6.67 Å². The third kappa shape index (κ3) is 1.96. The normalized spacial score (nSPS) is 31.8. The molecule has 0 spiro atoms. The molecule has 0 radical (unpaired) electrons. The Morgan fingerprint density at radius 3 is 2.61 bits per heavy atom. The van der Waals surface area contributed by atoms with Crippen molar-refractivity contribution in [3.8, 4) is 0 Å². The van der Waals surface area contributed by atoms with Crippen LogP contribution in [0.4, 0.5) is 8.78 Å². The highest BCUT2D eigenvalue weighted by molar-refractivity contribution is 4.94. The lowest BCUT2D eigenvalue weighted by Gasteiger charge is -2.16. The van der Waals surface area contributed by atoms with E-state index < -0.39 is 48.3 Å². The zero-order valence-electron chi connectivity index (χ0n) is 8.92. The van der Waals surface area contributed by atoms with E-state index in [1.165, 1.54) is 0 Å². The summed E-state index contributed by atoms with van der Waals surface area (Å²) in [5.41, 5.74) is -2.25. The highest BCUT2D eigenvalue weighted by Crippen LogP contribution is 2.28. The van der Waals surface area contributed by atoms with Crippen LogP contribution in [0.15, 0.2) is 15.8 Å². The van der Waals surface area contributed by atoms with Crippen LogP contribution in [0, 0.1) is 5.82 Å². The number of nitrogens with one attached hydrogen (secondary N) is 1. The summed E-state index contributed by atoms with van der Waals surface area (Å²) in [4.78, 5) is 23.9. The van der Waals surface area contributed by atoms with Gasteiger partial charge >= 0.3 is 5.69 Å². The summed E-state index contributed by atoms with van der Waals surface area (Å²) in [6.07, 6.45) is -5.38. The lowest BCUT2D eigenvalue weighted by molar-refractivity contribution is -0.0459. The molecule has 0 amide bonds. The molecule has 1 fully saturated rings. The molecule has 2 rings (SSSR count). The van der Waals surface area contributed by atoms with Gasteiger partial charge in [0.25, 0.3) is 5.56 Å². The second kappa shape index (κ2) is 4.59. The maximum absolute atomic E-state index is 13.0. The molecule has 0 saturated carbocycles. The standard InChI is InChI=1S/C9H10F2N2O5/c10-1-4-5(14)6(15)8(18-4)13-2-3(11)7(16)12-9(13)17/h2,4-6,8,14-15H,1H2,(H,12,16,17)/t4-,5-,6-,8?/m1/s1. The van der Waals surface area contributed by atoms with Crippen LogP contribution < -0.4 is 11.2 Å². The molecule has 1 aromatic rings. The van der Waals surface area contributed by atoms with Gasteiger partial charge in [0.15, 0.2) is 6.23 Å². The minimum absolute atomic E-state index is 0.530. The van der Waals surface area contributed by atoms with Crippen molar-refractivity contribution in [1.82, 2.24) is 9.55 Å². The van der Waals surface area contributed by atoms with Gasteiger partial charge < -0.3 is 14.9 Å².